The summed E-state index contributed by atoms with van der Waals surface area (Å²) in [6.07, 6.45) is 2.09. The number of fused-ring (bicyclic) bond motifs is 3. The number of carbonyl (C=O) groups is 2. The molecule has 5 rings (SSSR count). The number of rotatable bonds is 5. The van der Waals surface area contributed by atoms with Gasteiger partial charge in [0.05, 0.1) is 0 Å². The van der Waals surface area contributed by atoms with Crippen molar-refractivity contribution in [1.82, 2.24) is 9.80 Å². The molecule has 0 bridgehead atoms. The Bertz CT molecular complexity index is 1430. The Morgan fingerprint density at radius 1 is 1.14 bits per heavy atom. The SMILES string of the molecule is B=C1C(C(N)=O)=C(O)[C@@H](N(C)C)[C@@H]2C[C@@H]3Cc4c(c(O)cc(CN5CC(C)CC(C)C5)c4N(C)C)C(=O)C3=C(O)[C@]12P. The summed E-state index contributed by atoms with van der Waals surface area (Å²) in [6.45, 7) is 7.18. The third-order valence-electron chi connectivity index (χ3n) is 9.87. The van der Waals surface area contributed by atoms with Crippen LogP contribution in [0.4, 0.5) is 5.69 Å². The number of phenols is 1. The number of aliphatic hydroxyl groups excluding tert-OH is 2. The predicted molar refractivity (Wildman–Crippen MR) is 171 cm³/mol. The summed E-state index contributed by atoms with van der Waals surface area (Å²) in [5.41, 5.74) is 8.84. The van der Waals surface area contributed by atoms with Crippen LogP contribution in [0.2, 0.25) is 0 Å². The minimum atomic E-state index is -1.29. The van der Waals surface area contributed by atoms with Crippen molar-refractivity contribution < 1.29 is 24.9 Å². The monoisotopic (exact) mass is 594 g/mol. The van der Waals surface area contributed by atoms with Crippen LogP contribution in [0.3, 0.4) is 0 Å². The second-order valence-electron chi connectivity index (χ2n) is 13.5. The van der Waals surface area contributed by atoms with E-state index in [1.165, 1.54) is 6.42 Å². The van der Waals surface area contributed by atoms with Gasteiger partial charge in [0.1, 0.15) is 0 Å². The van der Waals surface area contributed by atoms with Gasteiger partial charge in [0.2, 0.25) is 0 Å². The van der Waals surface area contributed by atoms with Gasteiger partial charge in [0.15, 0.2) is 0 Å². The molecule has 11 heteroatoms. The van der Waals surface area contributed by atoms with Gasteiger partial charge in [-0.05, 0) is 18.3 Å². The number of likely N-dealkylation sites (N-methyl/N-ethyl adjacent to an activating group) is 1. The number of Topliss-reactive ketones (excluding diaryl/α,β-unsaturated/α-hetero) is 1. The van der Waals surface area contributed by atoms with Gasteiger partial charge in [-0.2, -0.15) is 0 Å². The molecular weight excluding hydrogens is 550 g/mol. The number of piperidine rings is 1. The fourth-order valence-electron chi connectivity index (χ4n) is 8.45. The molecule has 1 saturated heterocycles. The number of nitrogens with zero attached hydrogens (tertiary/aromatic N) is 3. The number of aliphatic hydroxyl groups is 2. The van der Waals surface area contributed by atoms with Crippen LogP contribution in [0.25, 0.3) is 0 Å². The van der Waals surface area contributed by atoms with E-state index in [2.05, 4.69) is 35.5 Å². The van der Waals surface area contributed by atoms with E-state index in [4.69, 9.17) is 5.73 Å². The van der Waals surface area contributed by atoms with Gasteiger partial charge in [-0.25, -0.2) is 0 Å². The standard InChI is InChI=1S/C31H44BN4O5P/c1-14-7-15(2)12-36(11-14)13-17-10-20(37)22-18(24(17)34(3)4)8-16-9-19-25(35(5)6)27(39)23(30(33)41)28(32)31(19,42)29(40)21(16)26(22)38/h10,14-16,19,25,32,37,39-40H,7-9,11-13,42H2,1-6H3,(H2,33,41)/t14?,15?,16-,19-,25-,31+/m0/s1. The van der Waals surface area contributed by atoms with Crippen LogP contribution in [-0.4, -0.2) is 102 Å². The van der Waals surface area contributed by atoms with Crippen molar-refractivity contribution in [3.63, 3.8) is 0 Å². The zero-order chi connectivity index (χ0) is 31.0. The Balaban J connectivity index is 1.65. The predicted octanol–water partition coefficient (Wildman–Crippen LogP) is 2.05. The first-order valence-corrected chi connectivity index (χ1v) is 15.3. The molecule has 42 heavy (non-hydrogen) atoms. The Labute approximate surface area is 251 Å². The van der Waals surface area contributed by atoms with Crippen molar-refractivity contribution in [2.45, 2.75) is 50.9 Å². The second kappa shape index (κ2) is 10.8. The topological polar surface area (TPSA) is 131 Å². The van der Waals surface area contributed by atoms with E-state index in [1.807, 2.05) is 19.0 Å². The average molecular weight is 595 g/mol. The van der Waals surface area contributed by atoms with Crippen LogP contribution < -0.4 is 10.6 Å². The summed E-state index contributed by atoms with van der Waals surface area (Å²) in [6, 6.07) is 1.08. The van der Waals surface area contributed by atoms with Gasteiger partial charge in [-0.3, -0.25) is 0 Å². The van der Waals surface area contributed by atoms with Gasteiger partial charge in [0.25, 0.3) is 0 Å². The molecule has 226 valence electrons. The van der Waals surface area contributed by atoms with E-state index in [0.717, 1.165) is 29.9 Å². The van der Waals surface area contributed by atoms with Crippen LogP contribution in [0.1, 0.15) is 48.2 Å². The maximum atomic E-state index is 14.3. The van der Waals surface area contributed by atoms with Crippen molar-refractivity contribution in [2.75, 3.05) is 46.2 Å². The molecule has 0 aromatic heterocycles. The zero-order valence-electron chi connectivity index (χ0n) is 25.6. The number of hydrogen-bond donors (Lipinski definition) is 4. The fraction of sp³-hybridized carbons (Fsp3) is 0.581. The fourth-order valence-corrected chi connectivity index (χ4v) is 9.07. The van der Waals surface area contributed by atoms with Crippen molar-refractivity contribution in [2.24, 2.45) is 29.4 Å². The molecule has 1 aromatic carbocycles. The summed E-state index contributed by atoms with van der Waals surface area (Å²) in [5, 5.41) is 33.2. The number of nitrogens with two attached hydrogens (primary N) is 1. The molecule has 5 N–H and O–H groups in total. The molecule has 3 aliphatic carbocycles. The number of amides is 1. The molecule has 1 amide bonds. The number of phenolic OH excluding ortho intramolecular Hbond substituents is 1. The molecule has 1 fully saturated rings. The van der Waals surface area contributed by atoms with Gasteiger partial charge < -0.3 is 0 Å². The zero-order valence-corrected chi connectivity index (χ0v) is 26.7. The summed E-state index contributed by atoms with van der Waals surface area (Å²) >= 11 is 0. The van der Waals surface area contributed by atoms with Crippen molar-refractivity contribution in [3.05, 3.63) is 45.4 Å². The van der Waals surface area contributed by atoms with Crippen LogP contribution in [-0.2, 0) is 17.8 Å². The Kier molecular flexibility index (Phi) is 7.91. The Morgan fingerprint density at radius 2 is 1.76 bits per heavy atom. The third-order valence-corrected chi connectivity index (χ3v) is 10.9. The minimum absolute atomic E-state index is 0.0867. The van der Waals surface area contributed by atoms with Crippen LogP contribution >= 0.6 is 9.24 Å². The number of aromatic hydroxyl groups is 1. The number of anilines is 1. The summed E-state index contributed by atoms with van der Waals surface area (Å²) in [5.74, 6) is -1.30. The van der Waals surface area contributed by atoms with E-state index in [0.29, 0.717) is 31.2 Å². The second-order valence-corrected chi connectivity index (χ2v) is 14.4. The summed E-state index contributed by atoms with van der Waals surface area (Å²) < 4.78 is 0. The maximum absolute atomic E-state index is 14.3. The van der Waals surface area contributed by atoms with E-state index in [-0.39, 0.29) is 45.4 Å². The van der Waals surface area contributed by atoms with Gasteiger partial charge in [-0.1, -0.05) is 13.8 Å². The van der Waals surface area contributed by atoms with E-state index < -0.39 is 28.8 Å². The first-order valence-electron chi connectivity index (χ1n) is 14.7. The number of ketones is 1. The first-order chi connectivity index (χ1) is 19.6. The Hall–Kier alpha value is -2.68. The molecule has 4 aliphatic rings. The van der Waals surface area contributed by atoms with Crippen LogP contribution in [0.15, 0.2) is 28.7 Å². The summed E-state index contributed by atoms with van der Waals surface area (Å²) in [7, 11) is 14.2. The van der Waals surface area contributed by atoms with E-state index in [9.17, 15) is 24.9 Å². The molecule has 0 radical (unpaired) electrons. The first kappa shape index (κ1) is 30.8. The quantitative estimate of drug-likeness (QED) is 0.301. The van der Waals surface area contributed by atoms with Gasteiger partial charge in [0, 0.05) is 0 Å². The molecule has 1 aliphatic heterocycles. The Morgan fingerprint density at radius 3 is 2.31 bits per heavy atom. The van der Waals surface area contributed by atoms with E-state index in [1.54, 1.807) is 25.1 Å². The van der Waals surface area contributed by atoms with Crippen LogP contribution in [0, 0.1) is 23.7 Å². The molecule has 9 nitrogen and oxygen atoms in total. The number of benzene rings is 1. The molecule has 1 heterocycles. The average Bonchev–Trinajstić information content (AvgIpc) is 2.84. The molecule has 0 spiro atoms. The molecule has 3 unspecified atom stereocenters. The number of primary amides is 1. The number of hydrogen-bond acceptors (Lipinski definition) is 8. The molecule has 0 saturated carbocycles. The van der Waals surface area contributed by atoms with Crippen molar-refractivity contribution in [3.8, 4) is 5.75 Å². The summed E-state index contributed by atoms with van der Waals surface area (Å²) in [4.78, 5) is 33.0. The third kappa shape index (κ3) is 4.61. The van der Waals surface area contributed by atoms with E-state index >= 15 is 0 Å². The van der Waals surface area contributed by atoms with Crippen molar-refractivity contribution >= 4 is 39.6 Å². The van der Waals surface area contributed by atoms with Crippen LogP contribution in [0.5, 0.6) is 5.75 Å². The molecular formula is C31H44BN4O5P. The molecule has 1 aromatic rings. The normalized spacial score (nSPS) is 31.6. The van der Waals surface area contributed by atoms with Crippen molar-refractivity contribution in [1.29, 1.82) is 0 Å². The number of likely N-dealkylation sites (tertiary alicyclic amines) is 1. The van der Waals surface area contributed by atoms with Gasteiger partial charge >= 0.3 is 220 Å². The van der Waals surface area contributed by atoms with Gasteiger partial charge in [-0.15, -0.1) is 0 Å². The number of allylic oxidation sites excluding steroid dienone is 2. The number of carbonyl (C=O) groups excluding carboxylic acids is 2. The molecule has 7 atom stereocenters.